The Balaban J connectivity index is 2.02. The van der Waals surface area contributed by atoms with Gasteiger partial charge >= 0.3 is 0 Å². The SMILES string of the molecule is Cc1cc(C(=O)NCc2nn[nH]n2)ccc1Br. The fourth-order valence-corrected chi connectivity index (χ4v) is 1.55. The van der Waals surface area contributed by atoms with Gasteiger partial charge in [0.05, 0.1) is 6.54 Å². The minimum absolute atomic E-state index is 0.162. The first kappa shape index (κ1) is 11.7. The van der Waals surface area contributed by atoms with Crippen molar-refractivity contribution in [1.82, 2.24) is 25.9 Å². The van der Waals surface area contributed by atoms with E-state index in [0.29, 0.717) is 11.4 Å². The number of benzene rings is 1. The number of carbonyl (C=O) groups excluding carboxylic acids is 1. The number of aromatic amines is 1. The van der Waals surface area contributed by atoms with Crippen LogP contribution >= 0.6 is 15.9 Å². The summed E-state index contributed by atoms with van der Waals surface area (Å²) < 4.78 is 0.979. The van der Waals surface area contributed by atoms with Crippen LogP contribution < -0.4 is 5.32 Å². The molecule has 1 amide bonds. The number of rotatable bonds is 3. The molecule has 2 aromatic rings. The van der Waals surface area contributed by atoms with Gasteiger partial charge in [0.25, 0.3) is 5.91 Å². The molecule has 7 heteroatoms. The molecule has 0 spiro atoms. The number of nitrogens with one attached hydrogen (secondary N) is 2. The minimum atomic E-state index is -0.162. The fraction of sp³-hybridized carbons (Fsp3) is 0.200. The second-order valence-corrected chi connectivity index (χ2v) is 4.33. The highest BCUT2D eigenvalue weighted by Crippen LogP contribution is 2.16. The Morgan fingerprint density at radius 2 is 2.35 bits per heavy atom. The lowest BCUT2D eigenvalue weighted by Gasteiger charge is -2.04. The zero-order valence-electron chi connectivity index (χ0n) is 9.07. The number of halogens is 1. The van der Waals surface area contributed by atoms with Crippen molar-refractivity contribution < 1.29 is 4.79 Å². The summed E-state index contributed by atoms with van der Waals surface area (Å²) in [5.74, 6) is 0.289. The van der Waals surface area contributed by atoms with Crippen LogP contribution in [0.15, 0.2) is 22.7 Å². The Kier molecular flexibility index (Phi) is 3.48. The predicted molar refractivity (Wildman–Crippen MR) is 64.2 cm³/mol. The monoisotopic (exact) mass is 295 g/mol. The Hall–Kier alpha value is -1.76. The van der Waals surface area contributed by atoms with Gasteiger partial charge in [-0.2, -0.15) is 5.21 Å². The van der Waals surface area contributed by atoms with E-state index in [1.807, 2.05) is 19.1 Å². The van der Waals surface area contributed by atoms with E-state index in [9.17, 15) is 4.79 Å². The Labute approximate surface area is 106 Å². The minimum Gasteiger partial charge on any atom is -0.345 e. The van der Waals surface area contributed by atoms with E-state index < -0.39 is 0 Å². The normalized spacial score (nSPS) is 10.2. The largest absolute Gasteiger partial charge is 0.345 e. The fourth-order valence-electron chi connectivity index (χ4n) is 1.30. The van der Waals surface area contributed by atoms with Gasteiger partial charge in [-0.3, -0.25) is 4.79 Å². The predicted octanol–water partition coefficient (Wildman–Crippen LogP) is 1.20. The first-order chi connectivity index (χ1) is 8.16. The third-order valence-corrected chi connectivity index (χ3v) is 3.11. The average molecular weight is 296 g/mol. The molecule has 0 atom stereocenters. The molecule has 1 aromatic heterocycles. The molecule has 0 bridgehead atoms. The van der Waals surface area contributed by atoms with Gasteiger partial charge in [-0.25, -0.2) is 0 Å². The lowest BCUT2D eigenvalue weighted by molar-refractivity contribution is 0.0950. The zero-order chi connectivity index (χ0) is 12.3. The standard InChI is InChI=1S/C10H10BrN5O/c1-6-4-7(2-3-8(6)11)10(17)12-5-9-13-15-16-14-9/h2-4H,5H2,1H3,(H,12,17)(H,13,14,15,16). The van der Waals surface area contributed by atoms with Gasteiger partial charge in [-0.1, -0.05) is 21.1 Å². The highest BCUT2D eigenvalue weighted by atomic mass is 79.9. The molecular weight excluding hydrogens is 286 g/mol. The summed E-state index contributed by atoms with van der Waals surface area (Å²) in [5, 5.41) is 15.9. The maximum Gasteiger partial charge on any atom is 0.251 e. The molecule has 1 heterocycles. The summed E-state index contributed by atoms with van der Waals surface area (Å²) in [7, 11) is 0. The van der Waals surface area contributed by atoms with Crippen molar-refractivity contribution in [2.24, 2.45) is 0 Å². The number of aryl methyl sites for hydroxylation is 1. The van der Waals surface area contributed by atoms with Crippen LogP contribution in [0.1, 0.15) is 21.7 Å². The lowest BCUT2D eigenvalue weighted by Crippen LogP contribution is -2.23. The molecule has 2 rings (SSSR count). The Morgan fingerprint density at radius 1 is 1.53 bits per heavy atom. The van der Waals surface area contributed by atoms with Gasteiger partial charge in [0.15, 0.2) is 5.82 Å². The van der Waals surface area contributed by atoms with Crippen LogP contribution in [0.25, 0.3) is 0 Å². The molecule has 0 aliphatic heterocycles. The molecule has 0 fully saturated rings. The second-order valence-electron chi connectivity index (χ2n) is 3.47. The molecule has 0 unspecified atom stereocenters. The number of hydrogen-bond acceptors (Lipinski definition) is 4. The number of amides is 1. The Bertz CT molecular complexity index is 525. The molecule has 88 valence electrons. The molecular formula is C10H10BrN5O. The van der Waals surface area contributed by atoms with E-state index >= 15 is 0 Å². The third-order valence-electron chi connectivity index (χ3n) is 2.22. The van der Waals surface area contributed by atoms with Gasteiger partial charge in [0.1, 0.15) is 0 Å². The van der Waals surface area contributed by atoms with Crippen LogP contribution in [-0.4, -0.2) is 26.5 Å². The van der Waals surface area contributed by atoms with Crippen LogP contribution in [-0.2, 0) is 6.54 Å². The molecule has 0 radical (unpaired) electrons. The number of nitrogens with zero attached hydrogens (tertiary/aromatic N) is 3. The van der Waals surface area contributed by atoms with E-state index in [1.54, 1.807) is 6.07 Å². The van der Waals surface area contributed by atoms with Gasteiger partial charge in [-0.15, -0.1) is 10.2 Å². The summed E-state index contributed by atoms with van der Waals surface area (Å²) in [6.45, 7) is 2.19. The number of carbonyl (C=O) groups is 1. The van der Waals surface area contributed by atoms with E-state index in [1.165, 1.54) is 0 Å². The van der Waals surface area contributed by atoms with Crippen molar-refractivity contribution in [2.75, 3.05) is 0 Å². The van der Waals surface area contributed by atoms with Crippen molar-refractivity contribution in [3.63, 3.8) is 0 Å². The van der Waals surface area contributed by atoms with E-state index in [0.717, 1.165) is 10.0 Å². The molecule has 2 N–H and O–H groups in total. The first-order valence-corrected chi connectivity index (χ1v) is 5.73. The highest BCUT2D eigenvalue weighted by molar-refractivity contribution is 9.10. The third kappa shape index (κ3) is 2.88. The number of hydrogen-bond donors (Lipinski definition) is 2. The molecule has 1 aromatic carbocycles. The van der Waals surface area contributed by atoms with Gasteiger partial charge in [0, 0.05) is 10.0 Å². The molecule has 0 saturated heterocycles. The second kappa shape index (κ2) is 5.05. The Morgan fingerprint density at radius 3 is 3.00 bits per heavy atom. The topological polar surface area (TPSA) is 83.6 Å². The van der Waals surface area contributed by atoms with E-state index in [-0.39, 0.29) is 12.5 Å². The maximum absolute atomic E-state index is 11.8. The summed E-state index contributed by atoms with van der Waals surface area (Å²) in [5.41, 5.74) is 1.62. The molecule has 17 heavy (non-hydrogen) atoms. The molecule has 0 saturated carbocycles. The zero-order valence-corrected chi connectivity index (χ0v) is 10.7. The van der Waals surface area contributed by atoms with Gasteiger partial charge < -0.3 is 5.32 Å². The van der Waals surface area contributed by atoms with Crippen LogP contribution in [0.3, 0.4) is 0 Å². The number of tetrazole rings is 1. The van der Waals surface area contributed by atoms with E-state index in [2.05, 4.69) is 41.9 Å². The van der Waals surface area contributed by atoms with Crippen LogP contribution in [0, 0.1) is 6.92 Å². The summed E-state index contributed by atoms with van der Waals surface area (Å²) in [6.07, 6.45) is 0. The maximum atomic E-state index is 11.8. The molecule has 0 aliphatic rings. The van der Waals surface area contributed by atoms with Crippen molar-refractivity contribution in [3.8, 4) is 0 Å². The van der Waals surface area contributed by atoms with Crippen LogP contribution in [0.5, 0.6) is 0 Å². The molecule has 6 nitrogen and oxygen atoms in total. The smallest absolute Gasteiger partial charge is 0.251 e. The summed E-state index contributed by atoms with van der Waals surface area (Å²) in [6, 6.07) is 5.41. The highest BCUT2D eigenvalue weighted by Gasteiger charge is 2.07. The average Bonchev–Trinajstić information content (AvgIpc) is 2.82. The quantitative estimate of drug-likeness (QED) is 0.891. The number of H-pyrrole nitrogens is 1. The van der Waals surface area contributed by atoms with Crippen molar-refractivity contribution >= 4 is 21.8 Å². The lowest BCUT2D eigenvalue weighted by atomic mass is 10.1. The first-order valence-electron chi connectivity index (χ1n) is 4.93. The van der Waals surface area contributed by atoms with E-state index in [4.69, 9.17) is 0 Å². The van der Waals surface area contributed by atoms with Gasteiger partial charge in [0.2, 0.25) is 0 Å². The molecule has 0 aliphatic carbocycles. The summed E-state index contributed by atoms with van der Waals surface area (Å²) >= 11 is 3.38. The van der Waals surface area contributed by atoms with Crippen LogP contribution in [0.2, 0.25) is 0 Å². The summed E-state index contributed by atoms with van der Waals surface area (Å²) in [4.78, 5) is 11.8. The van der Waals surface area contributed by atoms with Crippen LogP contribution in [0.4, 0.5) is 0 Å². The van der Waals surface area contributed by atoms with Crippen molar-refractivity contribution in [3.05, 3.63) is 39.6 Å². The van der Waals surface area contributed by atoms with Gasteiger partial charge in [-0.05, 0) is 30.7 Å². The van der Waals surface area contributed by atoms with Crippen molar-refractivity contribution in [2.45, 2.75) is 13.5 Å². The number of aromatic nitrogens is 4. The van der Waals surface area contributed by atoms with Crippen molar-refractivity contribution in [1.29, 1.82) is 0 Å².